The van der Waals surface area contributed by atoms with Crippen LogP contribution in [0.4, 0.5) is 10.1 Å². The zero-order valence-corrected chi connectivity index (χ0v) is 13.7. The second kappa shape index (κ2) is 6.25. The molecule has 0 radical (unpaired) electrons. The highest BCUT2D eigenvalue weighted by molar-refractivity contribution is 6.20. The third-order valence-electron chi connectivity index (χ3n) is 4.65. The molecule has 0 aromatic heterocycles. The van der Waals surface area contributed by atoms with Crippen LogP contribution in [-0.2, 0) is 9.63 Å². The van der Waals surface area contributed by atoms with Crippen LogP contribution in [0.15, 0.2) is 48.5 Å². The van der Waals surface area contributed by atoms with Crippen LogP contribution in [0.1, 0.15) is 27.1 Å². The van der Waals surface area contributed by atoms with Gasteiger partial charge in [-0.15, -0.1) is 0 Å². The normalized spacial score (nSPS) is 19.0. The van der Waals surface area contributed by atoms with Crippen molar-refractivity contribution in [3.63, 3.8) is 0 Å². The monoisotopic (exact) mass is 354 g/mol. The molecule has 2 aromatic rings. The number of carbonyl (C=O) groups is 3. The van der Waals surface area contributed by atoms with Crippen molar-refractivity contribution in [2.24, 2.45) is 5.92 Å². The van der Waals surface area contributed by atoms with E-state index in [2.05, 4.69) is 0 Å². The molecule has 1 saturated heterocycles. The molecule has 2 amide bonds. The predicted octanol–water partition coefficient (Wildman–Crippen LogP) is 2.41. The zero-order valence-electron chi connectivity index (χ0n) is 13.7. The van der Waals surface area contributed by atoms with Crippen LogP contribution in [0.3, 0.4) is 0 Å². The number of nitrogens with zero attached hydrogens (tertiary/aromatic N) is 2. The predicted molar refractivity (Wildman–Crippen MR) is 89.8 cm³/mol. The summed E-state index contributed by atoms with van der Waals surface area (Å²) in [6.45, 7) is 0.756. The van der Waals surface area contributed by atoms with Gasteiger partial charge in [-0.05, 0) is 30.7 Å². The molecule has 2 heterocycles. The van der Waals surface area contributed by atoms with E-state index in [9.17, 15) is 18.8 Å². The molecule has 7 heteroatoms. The first-order valence-electron chi connectivity index (χ1n) is 8.25. The number of rotatable bonds is 3. The first-order valence-corrected chi connectivity index (χ1v) is 8.25. The zero-order chi connectivity index (χ0) is 18.3. The smallest absolute Gasteiger partial charge is 0.338 e. The summed E-state index contributed by atoms with van der Waals surface area (Å²) in [6.07, 6.45) is 0.455. The number of fused-ring (bicyclic) bond motifs is 1. The average molecular weight is 354 g/mol. The minimum absolute atomic E-state index is 0.213. The van der Waals surface area contributed by atoms with Crippen molar-refractivity contribution < 1.29 is 23.6 Å². The van der Waals surface area contributed by atoms with E-state index in [0.717, 1.165) is 0 Å². The van der Waals surface area contributed by atoms with Crippen molar-refractivity contribution >= 4 is 23.5 Å². The largest absolute Gasteiger partial charge is 0.368 e. The molecule has 0 spiro atoms. The minimum Gasteiger partial charge on any atom is -0.368 e. The van der Waals surface area contributed by atoms with E-state index >= 15 is 0 Å². The van der Waals surface area contributed by atoms with Crippen LogP contribution in [-0.4, -0.2) is 35.9 Å². The van der Waals surface area contributed by atoms with Crippen LogP contribution >= 0.6 is 0 Å². The fraction of sp³-hybridized carbons (Fsp3) is 0.211. The molecule has 2 aliphatic rings. The molecule has 2 aliphatic heterocycles. The van der Waals surface area contributed by atoms with E-state index in [-0.39, 0.29) is 23.5 Å². The quantitative estimate of drug-likeness (QED) is 0.792. The van der Waals surface area contributed by atoms with E-state index in [1.807, 2.05) is 0 Å². The summed E-state index contributed by atoms with van der Waals surface area (Å²) in [7, 11) is 0. The van der Waals surface area contributed by atoms with Gasteiger partial charge in [0, 0.05) is 13.1 Å². The van der Waals surface area contributed by atoms with Gasteiger partial charge in [-0.2, -0.15) is 0 Å². The van der Waals surface area contributed by atoms with Gasteiger partial charge in [0.25, 0.3) is 11.8 Å². The van der Waals surface area contributed by atoms with E-state index in [4.69, 9.17) is 4.84 Å². The van der Waals surface area contributed by atoms with Crippen molar-refractivity contribution in [3.05, 3.63) is 65.5 Å². The Bertz CT molecular complexity index is 879. The second-order valence-corrected chi connectivity index (χ2v) is 6.24. The van der Waals surface area contributed by atoms with E-state index in [1.54, 1.807) is 35.2 Å². The molecule has 0 saturated carbocycles. The Hall–Kier alpha value is -3.22. The lowest BCUT2D eigenvalue weighted by atomic mass is 10.1. The van der Waals surface area contributed by atoms with Crippen molar-refractivity contribution in [1.29, 1.82) is 0 Å². The first-order chi connectivity index (χ1) is 12.6. The summed E-state index contributed by atoms with van der Waals surface area (Å²) < 4.78 is 13.9. The molecule has 0 aliphatic carbocycles. The molecule has 0 bridgehead atoms. The van der Waals surface area contributed by atoms with Gasteiger partial charge in [-0.25, -0.2) is 9.18 Å². The lowest BCUT2D eigenvalue weighted by Crippen LogP contribution is -2.36. The number of halogens is 1. The molecule has 6 nitrogen and oxygen atoms in total. The first kappa shape index (κ1) is 16.3. The van der Waals surface area contributed by atoms with E-state index in [0.29, 0.717) is 23.7 Å². The summed E-state index contributed by atoms with van der Waals surface area (Å²) in [4.78, 5) is 43.8. The molecule has 132 valence electrons. The number of hydrogen-bond acceptors (Lipinski definition) is 5. The Labute approximate surface area is 148 Å². The van der Waals surface area contributed by atoms with Crippen molar-refractivity contribution in [2.75, 3.05) is 18.0 Å². The van der Waals surface area contributed by atoms with E-state index < -0.39 is 23.7 Å². The summed E-state index contributed by atoms with van der Waals surface area (Å²) >= 11 is 0. The molecular formula is C19H15FN2O4. The Morgan fingerprint density at radius 2 is 1.62 bits per heavy atom. The highest BCUT2D eigenvalue weighted by Gasteiger charge is 2.41. The summed E-state index contributed by atoms with van der Waals surface area (Å²) in [5, 5.41) is 0.513. The Morgan fingerprint density at radius 1 is 1.00 bits per heavy atom. The number of hydroxylamine groups is 2. The number of hydrogen-bond donors (Lipinski definition) is 0. The molecule has 4 rings (SSSR count). The maximum Gasteiger partial charge on any atom is 0.338 e. The SMILES string of the molecule is O=C(ON1C(=O)c2ccccc2C1=O)C1CCN(c2ccccc2F)C1. The highest BCUT2D eigenvalue weighted by atomic mass is 19.1. The molecule has 2 aromatic carbocycles. The maximum absolute atomic E-state index is 13.9. The number of benzene rings is 2. The summed E-state index contributed by atoms with van der Waals surface area (Å²) in [5.41, 5.74) is 0.845. The highest BCUT2D eigenvalue weighted by Crippen LogP contribution is 2.28. The fourth-order valence-corrected chi connectivity index (χ4v) is 3.29. The molecule has 26 heavy (non-hydrogen) atoms. The van der Waals surface area contributed by atoms with Gasteiger partial charge in [0.2, 0.25) is 0 Å². The van der Waals surface area contributed by atoms with Crippen LogP contribution in [0, 0.1) is 11.7 Å². The van der Waals surface area contributed by atoms with Gasteiger partial charge < -0.3 is 9.74 Å². The van der Waals surface area contributed by atoms with Crippen molar-refractivity contribution in [3.8, 4) is 0 Å². The molecule has 1 unspecified atom stereocenters. The third-order valence-corrected chi connectivity index (χ3v) is 4.65. The van der Waals surface area contributed by atoms with Crippen LogP contribution in [0.2, 0.25) is 0 Å². The van der Waals surface area contributed by atoms with Crippen LogP contribution < -0.4 is 4.90 Å². The third kappa shape index (κ3) is 2.61. The van der Waals surface area contributed by atoms with Gasteiger partial charge in [0.15, 0.2) is 0 Å². The van der Waals surface area contributed by atoms with Gasteiger partial charge in [-0.3, -0.25) is 9.59 Å². The standard InChI is InChI=1S/C19H15FN2O4/c20-15-7-3-4-8-16(15)21-10-9-12(11-21)19(25)26-22-17(23)13-5-1-2-6-14(13)18(22)24/h1-8,12H,9-11H2. The molecule has 0 N–H and O–H groups in total. The lowest BCUT2D eigenvalue weighted by Gasteiger charge is -2.19. The van der Waals surface area contributed by atoms with Crippen molar-refractivity contribution in [2.45, 2.75) is 6.42 Å². The second-order valence-electron chi connectivity index (χ2n) is 6.24. The van der Waals surface area contributed by atoms with E-state index in [1.165, 1.54) is 18.2 Å². The van der Waals surface area contributed by atoms with Gasteiger partial charge in [0.05, 0.1) is 22.7 Å². The topological polar surface area (TPSA) is 66.9 Å². The number of carbonyl (C=O) groups excluding carboxylic acids is 3. The summed E-state index contributed by atoms with van der Waals surface area (Å²) in [6, 6.07) is 12.6. The maximum atomic E-state index is 13.9. The molecule has 1 fully saturated rings. The molecule has 1 atom stereocenters. The minimum atomic E-state index is -0.668. The Morgan fingerprint density at radius 3 is 2.27 bits per heavy atom. The summed E-state index contributed by atoms with van der Waals surface area (Å²) in [5.74, 6) is -2.87. The van der Waals surface area contributed by atoms with Crippen molar-refractivity contribution in [1.82, 2.24) is 5.06 Å². The Balaban J connectivity index is 1.45. The number of anilines is 1. The van der Waals surface area contributed by atoms with Gasteiger partial charge in [-0.1, -0.05) is 29.3 Å². The fourth-order valence-electron chi connectivity index (χ4n) is 3.29. The number of imide groups is 1. The van der Waals surface area contributed by atoms with Crippen LogP contribution in [0.25, 0.3) is 0 Å². The van der Waals surface area contributed by atoms with Crippen LogP contribution in [0.5, 0.6) is 0 Å². The number of amides is 2. The number of para-hydroxylation sites is 1. The van der Waals surface area contributed by atoms with Gasteiger partial charge in [0.1, 0.15) is 5.82 Å². The molecular weight excluding hydrogens is 339 g/mol. The van der Waals surface area contributed by atoms with Gasteiger partial charge >= 0.3 is 5.97 Å². The lowest BCUT2D eigenvalue weighted by molar-refractivity contribution is -0.172. The average Bonchev–Trinajstić information content (AvgIpc) is 3.23. The Kier molecular flexibility index (Phi) is 3.91.